The fourth-order valence-electron chi connectivity index (χ4n) is 3.25. The first-order valence-corrected chi connectivity index (χ1v) is 8.90. The van der Waals surface area contributed by atoms with Crippen LogP contribution in [0.4, 0.5) is 0 Å². The van der Waals surface area contributed by atoms with Crippen LogP contribution in [0.3, 0.4) is 0 Å². The molecule has 0 N–H and O–H groups in total. The van der Waals surface area contributed by atoms with Crippen molar-refractivity contribution in [2.75, 3.05) is 19.6 Å². The van der Waals surface area contributed by atoms with Crippen LogP contribution < -0.4 is 0 Å². The molecule has 1 fully saturated rings. The van der Waals surface area contributed by atoms with E-state index in [0.29, 0.717) is 4.90 Å². The molecule has 3 rings (SSSR count). The summed E-state index contributed by atoms with van der Waals surface area (Å²) in [4.78, 5) is 2.89. The van der Waals surface area contributed by atoms with Gasteiger partial charge in [0.25, 0.3) is 0 Å². The highest BCUT2D eigenvalue weighted by molar-refractivity contribution is 7.95. The highest BCUT2D eigenvalue weighted by Crippen LogP contribution is 2.36. The van der Waals surface area contributed by atoms with Gasteiger partial charge in [0.05, 0.1) is 4.90 Å². The van der Waals surface area contributed by atoms with E-state index in [9.17, 15) is 8.42 Å². The van der Waals surface area contributed by atoms with E-state index in [1.807, 2.05) is 19.1 Å². The Kier molecular flexibility index (Phi) is 3.69. The molecule has 0 aromatic heterocycles. The molecule has 0 atom stereocenters. The third-order valence-corrected chi connectivity index (χ3v) is 5.80. The van der Waals surface area contributed by atoms with Crippen LogP contribution in [0.5, 0.6) is 0 Å². The summed E-state index contributed by atoms with van der Waals surface area (Å²) in [6.07, 6.45) is 5.04. The zero-order chi connectivity index (χ0) is 14.2. The van der Waals surface area contributed by atoms with Crippen molar-refractivity contribution in [3.8, 4) is 0 Å². The zero-order valence-electron chi connectivity index (χ0n) is 11.9. The quantitative estimate of drug-likeness (QED) is 0.840. The Balaban J connectivity index is 1.92. The van der Waals surface area contributed by atoms with Crippen LogP contribution in [-0.2, 0) is 9.84 Å². The van der Waals surface area contributed by atoms with E-state index < -0.39 is 9.84 Å². The van der Waals surface area contributed by atoms with Gasteiger partial charge >= 0.3 is 0 Å². The standard InChI is InChI=1S/C16H21NO2S/c1-13-7-6-8-15-16(13)14(12-20(15,18)19)11-17-9-4-2-3-5-10-17/h6-8,12H,2-5,9-11H2,1H3. The number of hydrogen-bond donors (Lipinski definition) is 0. The Morgan fingerprint density at radius 2 is 1.80 bits per heavy atom. The molecule has 108 valence electrons. The molecule has 0 unspecified atom stereocenters. The maximum absolute atomic E-state index is 12.2. The van der Waals surface area contributed by atoms with Crippen LogP contribution in [-0.4, -0.2) is 33.0 Å². The van der Waals surface area contributed by atoms with Crippen molar-refractivity contribution in [1.82, 2.24) is 4.90 Å². The van der Waals surface area contributed by atoms with E-state index in [-0.39, 0.29) is 0 Å². The summed E-state index contributed by atoms with van der Waals surface area (Å²) in [5.74, 6) is 0. The summed E-state index contributed by atoms with van der Waals surface area (Å²) in [7, 11) is -3.23. The number of likely N-dealkylation sites (tertiary alicyclic amines) is 1. The average Bonchev–Trinajstić information content (AvgIpc) is 2.58. The minimum atomic E-state index is -3.23. The molecule has 0 amide bonds. The summed E-state index contributed by atoms with van der Waals surface area (Å²) < 4.78 is 24.5. The first-order chi connectivity index (χ1) is 9.58. The van der Waals surface area contributed by atoms with E-state index in [2.05, 4.69) is 4.90 Å². The molecule has 1 aromatic carbocycles. The first kappa shape index (κ1) is 13.8. The van der Waals surface area contributed by atoms with Crippen LogP contribution in [0, 0.1) is 6.92 Å². The number of rotatable bonds is 2. The molecule has 1 saturated heterocycles. The predicted molar refractivity (Wildman–Crippen MR) is 81.2 cm³/mol. The molecular formula is C16H21NO2S. The summed E-state index contributed by atoms with van der Waals surface area (Å²) in [6, 6.07) is 5.55. The highest BCUT2D eigenvalue weighted by Gasteiger charge is 2.28. The van der Waals surface area contributed by atoms with Crippen LogP contribution in [0.15, 0.2) is 28.5 Å². The van der Waals surface area contributed by atoms with Crippen molar-refractivity contribution in [2.45, 2.75) is 37.5 Å². The summed E-state index contributed by atoms with van der Waals surface area (Å²) >= 11 is 0. The van der Waals surface area contributed by atoms with Gasteiger partial charge in [-0.3, -0.25) is 4.90 Å². The van der Waals surface area contributed by atoms with Gasteiger partial charge < -0.3 is 0 Å². The van der Waals surface area contributed by atoms with Gasteiger partial charge in [-0.2, -0.15) is 0 Å². The molecule has 3 nitrogen and oxygen atoms in total. The molecule has 1 aromatic rings. The predicted octanol–water partition coefficient (Wildman–Crippen LogP) is 3.00. The maximum atomic E-state index is 12.2. The Morgan fingerprint density at radius 3 is 2.50 bits per heavy atom. The van der Waals surface area contributed by atoms with Crippen LogP contribution >= 0.6 is 0 Å². The second-order valence-electron chi connectivity index (χ2n) is 5.83. The number of hydrogen-bond acceptors (Lipinski definition) is 3. The average molecular weight is 291 g/mol. The normalized spacial score (nSPS) is 22.1. The fraction of sp³-hybridized carbons (Fsp3) is 0.500. The lowest BCUT2D eigenvalue weighted by Gasteiger charge is -2.21. The fourth-order valence-corrected chi connectivity index (χ4v) is 4.79. The molecule has 20 heavy (non-hydrogen) atoms. The lowest BCUT2D eigenvalue weighted by atomic mass is 10.0. The second kappa shape index (κ2) is 5.34. The SMILES string of the molecule is Cc1cccc2c1C(CN1CCCCCC1)=CS2(=O)=O. The highest BCUT2D eigenvalue weighted by atomic mass is 32.2. The molecular weight excluding hydrogens is 270 g/mol. The number of fused-ring (bicyclic) bond motifs is 1. The molecule has 2 aliphatic heterocycles. The Morgan fingerprint density at radius 1 is 1.10 bits per heavy atom. The van der Waals surface area contributed by atoms with Crippen LogP contribution in [0.1, 0.15) is 36.8 Å². The topological polar surface area (TPSA) is 37.4 Å². The maximum Gasteiger partial charge on any atom is 0.200 e. The molecule has 4 heteroatoms. The van der Waals surface area contributed by atoms with Crippen molar-refractivity contribution < 1.29 is 8.42 Å². The third kappa shape index (κ3) is 2.54. The van der Waals surface area contributed by atoms with E-state index in [0.717, 1.165) is 36.3 Å². The summed E-state index contributed by atoms with van der Waals surface area (Å²) in [5.41, 5.74) is 2.97. The van der Waals surface area contributed by atoms with Crippen molar-refractivity contribution in [3.05, 3.63) is 34.7 Å². The van der Waals surface area contributed by atoms with Crippen molar-refractivity contribution in [2.24, 2.45) is 0 Å². The van der Waals surface area contributed by atoms with Crippen LogP contribution in [0.25, 0.3) is 5.57 Å². The van der Waals surface area contributed by atoms with Crippen molar-refractivity contribution in [1.29, 1.82) is 0 Å². The third-order valence-electron chi connectivity index (χ3n) is 4.25. The van der Waals surface area contributed by atoms with Gasteiger partial charge in [0.1, 0.15) is 0 Å². The van der Waals surface area contributed by atoms with Gasteiger partial charge in [0.2, 0.25) is 9.84 Å². The molecule has 2 aliphatic rings. The molecule has 0 aliphatic carbocycles. The largest absolute Gasteiger partial charge is 0.299 e. The van der Waals surface area contributed by atoms with E-state index in [1.165, 1.54) is 31.1 Å². The Bertz CT molecular complexity index is 638. The van der Waals surface area contributed by atoms with Crippen molar-refractivity contribution >= 4 is 15.4 Å². The monoisotopic (exact) mass is 291 g/mol. The smallest absolute Gasteiger partial charge is 0.200 e. The van der Waals surface area contributed by atoms with Gasteiger partial charge in [-0.05, 0) is 50.1 Å². The minimum Gasteiger partial charge on any atom is -0.299 e. The molecule has 0 spiro atoms. The van der Waals surface area contributed by atoms with Crippen molar-refractivity contribution in [3.63, 3.8) is 0 Å². The minimum absolute atomic E-state index is 0.488. The molecule has 0 bridgehead atoms. The van der Waals surface area contributed by atoms with Gasteiger partial charge in [-0.1, -0.05) is 25.0 Å². The molecule has 2 heterocycles. The first-order valence-electron chi connectivity index (χ1n) is 7.36. The summed E-state index contributed by atoms with van der Waals surface area (Å²) in [6.45, 7) is 4.92. The Labute approximate surface area is 121 Å². The number of nitrogens with zero attached hydrogens (tertiary/aromatic N) is 1. The lowest BCUT2D eigenvalue weighted by molar-refractivity contribution is 0.320. The number of sulfone groups is 1. The van der Waals surface area contributed by atoms with Gasteiger partial charge in [-0.15, -0.1) is 0 Å². The number of benzene rings is 1. The van der Waals surface area contributed by atoms with E-state index in [4.69, 9.17) is 0 Å². The second-order valence-corrected chi connectivity index (χ2v) is 7.59. The summed E-state index contributed by atoms with van der Waals surface area (Å²) in [5, 5.41) is 1.48. The molecule has 0 radical (unpaired) electrons. The van der Waals surface area contributed by atoms with E-state index >= 15 is 0 Å². The lowest BCUT2D eigenvalue weighted by Crippen LogP contribution is -2.26. The van der Waals surface area contributed by atoms with Gasteiger partial charge in [-0.25, -0.2) is 8.42 Å². The molecule has 0 saturated carbocycles. The Hall–Kier alpha value is -1.13. The van der Waals surface area contributed by atoms with Gasteiger partial charge in [0, 0.05) is 17.5 Å². The van der Waals surface area contributed by atoms with Crippen LogP contribution in [0.2, 0.25) is 0 Å². The van der Waals surface area contributed by atoms with E-state index in [1.54, 1.807) is 6.07 Å². The number of aryl methyl sites for hydroxylation is 1. The van der Waals surface area contributed by atoms with Gasteiger partial charge in [0.15, 0.2) is 0 Å². The zero-order valence-corrected chi connectivity index (χ0v) is 12.7.